The highest BCUT2D eigenvalue weighted by atomic mass is 35.5. The first-order valence-electron chi connectivity index (χ1n) is 5.14. The summed E-state index contributed by atoms with van der Waals surface area (Å²) < 4.78 is 0. The van der Waals surface area contributed by atoms with Crippen molar-refractivity contribution in [2.24, 2.45) is 0 Å². The topological polar surface area (TPSA) is 66.4 Å². The van der Waals surface area contributed by atoms with E-state index in [1.54, 1.807) is 0 Å². The van der Waals surface area contributed by atoms with Crippen LogP contribution in [0, 0.1) is 0 Å². The third-order valence-electron chi connectivity index (χ3n) is 1.98. The molecule has 1 aromatic carbocycles. The van der Waals surface area contributed by atoms with Gasteiger partial charge in [-0.05, 0) is 12.1 Å². The van der Waals surface area contributed by atoms with E-state index in [-0.39, 0.29) is 18.1 Å². The summed E-state index contributed by atoms with van der Waals surface area (Å²) in [5, 5.41) is 11.9. The molecule has 0 atom stereocenters. The van der Waals surface area contributed by atoms with Crippen LogP contribution in [0.4, 0.5) is 5.69 Å². The van der Waals surface area contributed by atoms with Gasteiger partial charge in [-0.2, -0.15) is 11.8 Å². The molecule has 0 radical (unpaired) electrons. The van der Waals surface area contributed by atoms with Gasteiger partial charge in [-0.1, -0.05) is 34.8 Å². The molecule has 0 aliphatic heterocycles. The van der Waals surface area contributed by atoms with Crippen LogP contribution in [0.15, 0.2) is 12.1 Å². The molecule has 4 nitrogen and oxygen atoms in total. The molecule has 0 spiro atoms. The molecule has 0 aliphatic rings. The Morgan fingerprint density at radius 3 is 2.42 bits per heavy atom. The van der Waals surface area contributed by atoms with Crippen LogP contribution < -0.4 is 5.32 Å². The number of carboxylic acids is 1. The van der Waals surface area contributed by atoms with Crippen LogP contribution in [0.2, 0.25) is 15.1 Å². The maximum Gasteiger partial charge on any atom is 0.304 e. The number of hydrogen-bond acceptors (Lipinski definition) is 3. The van der Waals surface area contributed by atoms with Gasteiger partial charge in [0.25, 0.3) is 0 Å². The second kappa shape index (κ2) is 7.85. The van der Waals surface area contributed by atoms with Gasteiger partial charge in [-0.3, -0.25) is 9.59 Å². The van der Waals surface area contributed by atoms with Crippen LogP contribution in [0.5, 0.6) is 0 Å². The third kappa shape index (κ3) is 5.91. The average Bonchev–Trinajstić information content (AvgIpc) is 2.31. The fourth-order valence-corrected chi connectivity index (χ4v) is 2.44. The van der Waals surface area contributed by atoms with E-state index in [9.17, 15) is 9.59 Å². The Balaban J connectivity index is 2.48. The summed E-state index contributed by atoms with van der Waals surface area (Å²) in [6, 6.07) is 2.91. The van der Waals surface area contributed by atoms with Gasteiger partial charge >= 0.3 is 5.97 Å². The standard InChI is InChI=1S/C11H10Cl3NO3S/c12-6-3-8(14)9(4-7(6)13)15-10(16)5-19-2-1-11(17)18/h3-4H,1-2,5H2,(H,15,16)(H,17,18). The van der Waals surface area contributed by atoms with Crippen molar-refractivity contribution in [3.05, 3.63) is 27.2 Å². The molecule has 0 bridgehead atoms. The lowest BCUT2D eigenvalue weighted by Gasteiger charge is -2.08. The average molecular weight is 343 g/mol. The molecule has 1 aromatic rings. The molecule has 0 heterocycles. The summed E-state index contributed by atoms with van der Waals surface area (Å²) in [5.41, 5.74) is 0.375. The normalized spacial score (nSPS) is 10.3. The van der Waals surface area contributed by atoms with Gasteiger partial charge < -0.3 is 10.4 Å². The first-order valence-corrected chi connectivity index (χ1v) is 7.43. The van der Waals surface area contributed by atoms with Crippen molar-refractivity contribution in [1.29, 1.82) is 0 Å². The fraction of sp³-hybridized carbons (Fsp3) is 0.273. The van der Waals surface area contributed by atoms with E-state index in [0.717, 1.165) is 0 Å². The van der Waals surface area contributed by atoms with Gasteiger partial charge in [0.15, 0.2) is 0 Å². The second-order valence-corrected chi connectivity index (χ2v) is 5.82. The van der Waals surface area contributed by atoms with Crippen molar-refractivity contribution < 1.29 is 14.7 Å². The van der Waals surface area contributed by atoms with Gasteiger partial charge in [-0.15, -0.1) is 0 Å². The molecular weight excluding hydrogens is 333 g/mol. The van der Waals surface area contributed by atoms with Gasteiger partial charge in [0.05, 0.1) is 32.9 Å². The highest BCUT2D eigenvalue weighted by molar-refractivity contribution is 7.99. The van der Waals surface area contributed by atoms with Crippen LogP contribution in [0.1, 0.15) is 6.42 Å². The number of hydrogen-bond donors (Lipinski definition) is 2. The van der Waals surface area contributed by atoms with Crippen molar-refractivity contribution in [3.8, 4) is 0 Å². The minimum absolute atomic E-state index is 0.0193. The Labute approximate surface area is 129 Å². The number of benzene rings is 1. The van der Waals surface area contributed by atoms with Crippen molar-refractivity contribution in [3.63, 3.8) is 0 Å². The lowest BCUT2D eigenvalue weighted by atomic mass is 10.3. The smallest absolute Gasteiger partial charge is 0.304 e. The second-order valence-electron chi connectivity index (χ2n) is 3.49. The number of thioether (sulfide) groups is 1. The molecule has 19 heavy (non-hydrogen) atoms. The SMILES string of the molecule is O=C(O)CCSCC(=O)Nc1cc(Cl)c(Cl)cc1Cl. The number of carboxylic acid groups (broad SMARTS) is 1. The predicted octanol–water partition coefficient (Wildman–Crippen LogP) is 3.79. The molecule has 8 heteroatoms. The number of carbonyl (C=O) groups is 2. The lowest BCUT2D eigenvalue weighted by molar-refractivity contribution is -0.136. The molecule has 2 N–H and O–H groups in total. The van der Waals surface area contributed by atoms with E-state index in [2.05, 4.69) is 5.32 Å². The van der Waals surface area contributed by atoms with Crippen molar-refractivity contribution in [1.82, 2.24) is 0 Å². The van der Waals surface area contributed by atoms with Crippen molar-refractivity contribution >= 4 is 64.1 Å². The molecule has 0 fully saturated rings. The monoisotopic (exact) mass is 341 g/mol. The zero-order valence-electron chi connectivity index (χ0n) is 9.58. The molecule has 1 rings (SSSR count). The fourth-order valence-electron chi connectivity index (χ4n) is 1.13. The van der Waals surface area contributed by atoms with Gasteiger partial charge in [0.1, 0.15) is 0 Å². The first kappa shape index (κ1) is 16.4. The quantitative estimate of drug-likeness (QED) is 0.609. The highest BCUT2D eigenvalue weighted by Crippen LogP contribution is 2.32. The highest BCUT2D eigenvalue weighted by Gasteiger charge is 2.09. The zero-order valence-corrected chi connectivity index (χ0v) is 12.7. The van der Waals surface area contributed by atoms with Crippen LogP contribution in [-0.2, 0) is 9.59 Å². The van der Waals surface area contributed by atoms with Crippen molar-refractivity contribution in [2.75, 3.05) is 16.8 Å². The number of amides is 1. The summed E-state index contributed by atoms with van der Waals surface area (Å²) in [6.45, 7) is 0. The summed E-state index contributed by atoms with van der Waals surface area (Å²) in [6.07, 6.45) is 0.0193. The summed E-state index contributed by atoms with van der Waals surface area (Å²) >= 11 is 18.7. The molecule has 1 amide bonds. The molecular formula is C11H10Cl3NO3S. The zero-order chi connectivity index (χ0) is 14.4. The van der Waals surface area contributed by atoms with E-state index in [1.165, 1.54) is 23.9 Å². The molecule has 0 saturated heterocycles. The van der Waals surface area contributed by atoms with E-state index in [1.807, 2.05) is 0 Å². The molecule has 104 valence electrons. The number of rotatable bonds is 6. The Kier molecular flexibility index (Phi) is 6.79. The van der Waals surface area contributed by atoms with Gasteiger partial charge in [0.2, 0.25) is 5.91 Å². The number of halogens is 3. The summed E-state index contributed by atoms with van der Waals surface area (Å²) in [7, 11) is 0. The maximum absolute atomic E-state index is 11.6. The largest absolute Gasteiger partial charge is 0.481 e. The minimum atomic E-state index is -0.888. The van der Waals surface area contributed by atoms with E-state index in [0.29, 0.717) is 26.5 Å². The minimum Gasteiger partial charge on any atom is -0.481 e. The number of anilines is 1. The van der Waals surface area contributed by atoms with E-state index >= 15 is 0 Å². The summed E-state index contributed by atoms with van der Waals surface area (Å²) in [5.74, 6) is -0.655. The maximum atomic E-state index is 11.6. The number of carbonyl (C=O) groups excluding carboxylic acids is 1. The Morgan fingerprint density at radius 1 is 1.16 bits per heavy atom. The Bertz CT molecular complexity index is 496. The van der Waals surface area contributed by atoms with E-state index in [4.69, 9.17) is 39.9 Å². The summed E-state index contributed by atoms with van der Waals surface area (Å²) in [4.78, 5) is 21.9. The predicted molar refractivity (Wildman–Crippen MR) is 79.7 cm³/mol. The molecule has 0 aromatic heterocycles. The third-order valence-corrected chi connectivity index (χ3v) is 3.97. The number of nitrogens with one attached hydrogen (secondary N) is 1. The first-order chi connectivity index (χ1) is 8.90. The molecule has 0 unspecified atom stereocenters. The van der Waals surface area contributed by atoms with Crippen LogP contribution in [0.3, 0.4) is 0 Å². The Hall–Kier alpha value is -0.620. The lowest BCUT2D eigenvalue weighted by Crippen LogP contribution is -2.15. The van der Waals surface area contributed by atoms with E-state index < -0.39 is 5.97 Å². The van der Waals surface area contributed by atoms with Gasteiger partial charge in [-0.25, -0.2) is 0 Å². The number of aliphatic carboxylic acids is 1. The Morgan fingerprint density at radius 2 is 1.79 bits per heavy atom. The van der Waals surface area contributed by atoms with Gasteiger partial charge in [0, 0.05) is 5.75 Å². The van der Waals surface area contributed by atoms with Crippen LogP contribution >= 0.6 is 46.6 Å². The van der Waals surface area contributed by atoms with Crippen LogP contribution in [0.25, 0.3) is 0 Å². The van der Waals surface area contributed by atoms with Crippen LogP contribution in [-0.4, -0.2) is 28.5 Å². The molecule has 0 aliphatic carbocycles. The van der Waals surface area contributed by atoms with Crippen molar-refractivity contribution in [2.45, 2.75) is 6.42 Å². The molecule has 0 saturated carbocycles.